The van der Waals surface area contributed by atoms with Crippen molar-refractivity contribution in [1.82, 2.24) is 0 Å². The summed E-state index contributed by atoms with van der Waals surface area (Å²) in [5.74, 6) is -3.36. The Morgan fingerprint density at radius 2 is 1.38 bits per heavy atom. The van der Waals surface area contributed by atoms with E-state index in [1.807, 2.05) is 0 Å². The van der Waals surface area contributed by atoms with E-state index in [0.29, 0.717) is 0 Å². The Kier molecular flexibility index (Phi) is 9.99. The van der Waals surface area contributed by atoms with Gasteiger partial charge in [0.2, 0.25) is 23.2 Å². The van der Waals surface area contributed by atoms with Crippen LogP contribution in [0, 0.1) is 0 Å². The number of fused-ring (bicyclic) bond motifs is 1. The van der Waals surface area contributed by atoms with Gasteiger partial charge < -0.3 is 83.9 Å². The third-order valence-electron chi connectivity index (χ3n) is 7.89. The zero-order chi connectivity index (χ0) is 34.3. The lowest BCUT2D eigenvalue weighted by Crippen LogP contribution is -2.65. The minimum atomic E-state index is -1.98. The lowest BCUT2D eigenvalue weighted by Gasteiger charge is -2.45. The number of methoxy groups -OCH3 is 2. The van der Waals surface area contributed by atoms with Crippen molar-refractivity contribution in [3.8, 4) is 45.8 Å². The van der Waals surface area contributed by atoms with Crippen LogP contribution in [0.5, 0.6) is 34.5 Å². The van der Waals surface area contributed by atoms with Gasteiger partial charge >= 0.3 is 0 Å². The number of phenolic OH excluding ortho intramolecular Hbond substituents is 3. The highest BCUT2D eigenvalue weighted by atomic mass is 16.8. The van der Waals surface area contributed by atoms with Gasteiger partial charge in [0.05, 0.1) is 27.4 Å². The number of aliphatic hydroxyl groups is 7. The minimum absolute atomic E-state index is 0.0463. The summed E-state index contributed by atoms with van der Waals surface area (Å²) in [6.45, 7) is -1.68. The third-order valence-corrected chi connectivity index (χ3v) is 7.89. The molecule has 2 fully saturated rings. The molecule has 258 valence electrons. The average molecular weight is 671 g/mol. The van der Waals surface area contributed by atoms with E-state index in [2.05, 4.69) is 0 Å². The van der Waals surface area contributed by atoms with Gasteiger partial charge in [-0.05, 0) is 18.2 Å². The van der Waals surface area contributed by atoms with E-state index in [0.717, 1.165) is 13.2 Å². The summed E-state index contributed by atoms with van der Waals surface area (Å²) >= 11 is 0. The van der Waals surface area contributed by atoms with Crippen LogP contribution in [0.3, 0.4) is 0 Å². The monoisotopic (exact) mass is 670 g/mol. The van der Waals surface area contributed by atoms with Crippen LogP contribution in [0.1, 0.15) is 0 Å². The number of hydrogen-bond donors (Lipinski definition) is 10. The van der Waals surface area contributed by atoms with Gasteiger partial charge in [0.15, 0.2) is 41.2 Å². The summed E-state index contributed by atoms with van der Waals surface area (Å²) in [4.78, 5) is 14.1. The molecule has 18 nitrogen and oxygen atoms in total. The topological polar surface area (TPSA) is 288 Å². The van der Waals surface area contributed by atoms with Crippen LogP contribution in [0.25, 0.3) is 22.3 Å². The zero-order valence-electron chi connectivity index (χ0n) is 24.7. The smallest absolute Gasteiger partial charge is 0.239 e. The fraction of sp³-hybridized carbons (Fsp3) is 0.483. The van der Waals surface area contributed by atoms with Crippen molar-refractivity contribution in [2.75, 3.05) is 27.4 Å². The molecule has 1 aromatic heterocycles. The van der Waals surface area contributed by atoms with Gasteiger partial charge in [0, 0.05) is 11.6 Å². The molecule has 0 aliphatic carbocycles. The first kappa shape index (κ1) is 34.4. The summed E-state index contributed by atoms with van der Waals surface area (Å²) in [5, 5.41) is 103. The molecule has 6 unspecified atom stereocenters. The number of aromatic hydroxyl groups is 3. The second kappa shape index (κ2) is 13.6. The van der Waals surface area contributed by atoms with E-state index in [1.54, 1.807) is 0 Å². The average Bonchev–Trinajstić information content (AvgIpc) is 3.05. The van der Waals surface area contributed by atoms with E-state index in [9.17, 15) is 55.9 Å². The van der Waals surface area contributed by atoms with Crippen LogP contribution in [0.15, 0.2) is 33.5 Å². The minimum Gasteiger partial charge on any atom is -0.504 e. The van der Waals surface area contributed by atoms with E-state index in [4.69, 9.17) is 32.8 Å². The maximum absolute atomic E-state index is 14.1. The summed E-state index contributed by atoms with van der Waals surface area (Å²) in [6, 6.07) is 4.75. The Hall–Kier alpha value is -3.95. The van der Waals surface area contributed by atoms with Gasteiger partial charge in [-0.25, -0.2) is 0 Å². The molecule has 3 aromatic rings. The number of benzene rings is 2. The SMILES string of the molecule is COc1cc(-c2oc3cc(O)c(OC)c(O)c3c(=O)c2O[C@@H]2OC(CO)[C@H](O)C(O)C2O[C@@H]2OC(CO)[C@H](O)C(O)C2O)ccc1O. The first-order chi connectivity index (χ1) is 22.4. The molecular weight excluding hydrogens is 636 g/mol. The van der Waals surface area contributed by atoms with E-state index in [1.165, 1.54) is 25.3 Å². The fourth-order valence-corrected chi connectivity index (χ4v) is 5.35. The predicted molar refractivity (Wildman–Crippen MR) is 153 cm³/mol. The molecule has 2 saturated heterocycles. The number of rotatable bonds is 9. The van der Waals surface area contributed by atoms with Gasteiger partial charge in [0.1, 0.15) is 53.7 Å². The molecule has 2 aromatic carbocycles. The molecule has 3 heterocycles. The van der Waals surface area contributed by atoms with Gasteiger partial charge in [-0.3, -0.25) is 4.79 Å². The van der Waals surface area contributed by atoms with Gasteiger partial charge in [-0.1, -0.05) is 0 Å². The van der Waals surface area contributed by atoms with E-state index < -0.39 is 108 Å². The lowest BCUT2D eigenvalue weighted by atomic mass is 9.97. The van der Waals surface area contributed by atoms with Crippen molar-refractivity contribution in [3.63, 3.8) is 0 Å². The standard InChI is InChI=1S/C29H34O18/c1-41-12-5-9(3-4-10(12)32)24-26(20(37)16-13(43-24)6-11(33)25(42-2)19(16)36)46-29-27(22(39)18(35)15(8-31)45-29)47-28-23(40)21(38)17(34)14(7-30)44-28/h3-6,14-15,17-18,21-23,27-36,38-40H,7-8H2,1-2H3/t14?,15?,17-,18-,21?,22?,23?,27?,28-,29-/m0/s1. The number of hydrogen-bond acceptors (Lipinski definition) is 18. The second-order valence-corrected chi connectivity index (χ2v) is 10.7. The van der Waals surface area contributed by atoms with Crippen molar-refractivity contribution < 1.29 is 83.9 Å². The van der Waals surface area contributed by atoms with Crippen LogP contribution in [-0.4, -0.2) is 140 Å². The van der Waals surface area contributed by atoms with Crippen molar-refractivity contribution in [3.05, 3.63) is 34.5 Å². The van der Waals surface area contributed by atoms with Crippen LogP contribution >= 0.6 is 0 Å². The molecule has 0 saturated carbocycles. The predicted octanol–water partition coefficient (Wildman–Crippen LogP) is -2.40. The first-order valence-corrected chi connectivity index (χ1v) is 14.1. The molecular formula is C29H34O18. The molecule has 5 rings (SSSR count). The highest BCUT2D eigenvalue weighted by Crippen LogP contribution is 2.44. The van der Waals surface area contributed by atoms with E-state index >= 15 is 0 Å². The Morgan fingerprint density at radius 1 is 0.745 bits per heavy atom. The maximum atomic E-state index is 14.1. The molecule has 2 aliphatic heterocycles. The number of aliphatic hydroxyl groups excluding tert-OH is 7. The Balaban J connectivity index is 1.66. The third kappa shape index (κ3) is 6.11. The fourth-order valence-electron chi connectivity index (χ4n) is 5.35. The second-order valence-electron chi connectivity index (χ2n) is 10.7. The summed E-state index contributed by atoms with van der Waals surface area (Å²) in [6.07, 6.45) is -18.1. The molecule has 0 amide bonds. The first-order valence-electron chi connectivity index (χ1n) is 14.1. The Labute approximate surface area is 264 Å². The van der Waals surface area contributed by atoms with Gasteiger partial charge in [0.25, 0.3) is 0 Å². The van der Waals surface area contributed by atoms with Crippen molar-refractivity contribution in [1.29, 1.82) is 0 Å². The van der Waals surface area contributed by atoms with Crippen LogP contribution < -0.4 is 19.6 Å². The molecule has 10 N–H and O–H groups in total. The van der Waals surface area contributed by atoms with Crippen LogP contribution in [-0.2, 0) is 14.2 Å². The van der Waals surface area contributed by atoms with Crippen molar-refractivity contribution in [2.45, 2.75) is 61.4 Å². The normalized spacial score (nSPS) is 31.1. The molecule has 10 atom stereocenters. The molecule has 0 radical (unpaired) electrons. The zero-order valence-corrected chi connectivity index (χ0v) is 24.7. The largest absolute Gasteiger partial charge is 0.504 e. The molecule has 18 heteroatoms. The summed E-state index contributed by atoms with van der Waals surface area (Å²) in [7, 11) is 2.38. The molecule has 0 bridgehead atoms. The summed E-state index contributed by atoms with van der Waals surface area (Å²) < 4.78 is 38.7. The van der Waals surface area contributed by atoms with Gasteiger partial charge in [-0.2, -0.15) is 0 Å². The Bertz CT molecular complexity index is 1640. The lowest BCUT2D eigenvalue weighted by molar-refractivity contribution is -0.358. The van der Waals surface area contributed by atoms with Gasteiger partial charge in [-0.15, -0.1) is 0 Å². The Morgan fingerprint density at radius 3 is 2.00 bits per heavy atom. The van der Waals surface area contributed by atoms with Crippen molar-refractivity contribution >= 4 is 11.0 Å². The molecule has 47 heavy (non-hydrogen) atoms. The molecule has 2 aliphatic rings. The maximum Gasteiger partial charge on any atom is 0.239 e. The number of ether oxygens (including phenoxy) is 6. The summed E-state index contributed by atoms with van der Waals surface area (Å²) in [5.41, 5.74) is -1.38. The van der Waals surface area contributed by atoms with Crippen LogP contribution in [0.2, 0.25) is 0 Å². The molecule has 0 spiro atoms. The van der Waals surface area contributed by atoms with Crippen LogP contribution in [0.4, 0.5) is 0 Å². The van der Waals surface area contributed by atoms with Crippen molar-refractivity contribution in [2.24, 2.45) is 0 Å². The highest BCUT2D eigenvalue weighted by molar-refractivity contribution is 5.91. The highest BCUT2D eigenvalue weighted by Gasteiger charge is 2.51. The van der Waals surface area contributed by atoms with E-state index in [-0.39, 0.29) is 28.4 Å². The number of phenols is 3. The quantitative estimate of drug-likeness (QED) is 0.113.